The lowest BCUT2D eigenvalue weighted by molar-refractivity contribution is 0.194. The molecule has 0 fully saturated rings. The third-order valence-electron chi connectivity index (χ3n) is 2.85. The number of rotatable bonds is 4. The number of nitrogens with two attached hydrogens (primary N) is 1. The van der Waals surface area contributed by atoms with Crippen molar-refractivity contribution in [1.82, 2.24) is 15.3 Å². The van der Waals surface area contributed by atoms with Crippen LogP contribution >= 0.6 is 11.6 Å². The monoisotopic (exact) mass is 328 g/mol. The largest absolute Gasteiger partial charge is 0.465 e. The van der Waals surface area contributed by atoms with Gasteiger partial charge in [0.1, 0.15) is 17.5 Å². The number of halogens is 3. The Balaban J connectivity index is 2.47. The van der Waals surface area contributed by atoms with E-state index in [1.54, 1.807) is 0 Å². The maximum Gasteiger partial charge on any atom is 0.404 e. The first kappa shape index (κ1) is 15.9. The zero-order chi connectivity index (χ0) is 16.3. The second kappa shape index (κ2) is 6.52. The summed E-state index contributed by atoms with van der Waals surface area (Å²) in [6.45, 7) is -0.184. The molecule has 6 nitrogen and oxygen atoms in total. The Bertz CT molecular complexity index is 694. The molecule has 0 aliphatic rings. The van der Waals surface area contributed by atoms with Crippen molar-refractivity contribution in [2.75, 3.05) is 12.3 Å². The van der Waals surface area contributed by atoms with Gasteiger partial charge in [0.25, 0.3) is 0 Å². The number of anilines is 1. The maximum atomic E-state index is 13.4. The van der Waals surface area contributed by atoms with Gasteiger partial charge in [-0.05, 0) is 17.7 Å². The van der Waals surface area contributed by atoms with Crippen LogP contribution in [0.15, 0.2) is 24.4 Å². The molecule has 1 unspecified atom stereocenters. The predicted octanol–water partition coefficient (Wildman–Crippen LogP) is 2.39. The summed E-state index contributed by atoms with van der Waals surface area (Å²) in [7, 11) is 0. The Morgan fingerprint density at radius 2 is 2.00 bits per heavy atom. The van der Waals surface area contributed by atoms with Crippen LogP contribution in [0.2, 0.25) is 5.15 Å². The zero-order valence-electron chi connectivity index (χ0n) is 11.1. The summed E-state index contributed by atoms with van der Waals surface area (Å²) in [6.07, 6.45) is -0.0635. The fraction of sp³-hybridized carbons (Fsp3) is 0.154. The summed E-state index contributed by atoms with van der Waals surface area (Å²) in [6, 6.07) is 2.86. The van der Waals surface area contributed by atoms with Gasteiger partial charge in [0, 0.05) is 18.5 Å². The lowest BCUT2D eigenvalue weighted by Gasteiger charge is -2.18. The molecule has 0 radical (unpaired) electrons. The van der Waals surface area contributed by atoms with E-state index < -0.39 is 23.6 Å². The van der Waals surface area contributed by atoms with Crippen LogP contribution in [0.3, 0.4) is 0 Å². The number of carboxylic acid groups (broad SMARTS) is 1. The minimum absolute atomic E-state index is 0.0677. The molecule has 0 aliphatic heterocycles. The van der Waals surface area contributed by atoms with Crippen molar-refractivity contribution in [3.8, 4) is 0 Å². The average Bonchev–Trinajstić information content (AvgIpc) is 2.39. The third kappa shape index (κ3) is 3.79. The van der Waals surface area contributed by atoms with Crippen molar-refractivity contribution in [2.24, 2.45) is 0 Å². The van der Waals surface area contributed by atoms with E-state index in [9.17, 15) is 13.6 Å². The normalized spacial score (nSPS) is 12.0. The first-order valence-electron chi connectivity index (χ1n) is 6.07. The Hall–Kier alpha value is -2.48. The highest BCUT2D eigenvalue weighted by atomic mass is 35.5. The fourth-order valence-electron chi connectivity index (χ4n) is 1.96. The zero-order valence-corrected chi connectivity index (χ0v) is 11.8. The quantitative estimate of drug-likeness (QED) is 0.800. The van der Waals surface area contributed by atoms with Crippen LogP contribution in [-0.2, 0) is 0 Å². The number of nitrogens with one attached hydrogen (secondary N) is 1. The van der Waals surface area contributed by atoms with Crippen LogP contribution in [0.5, 0.6) is 0 Å². The van der Waals surface area contributed by atoms with Gasteiger partial charge in [-0.1, -0.05) is 11.6 Å². The van der Waals surface area contributed by atoms with E-state index in [-0.39, 0.29) is 28.8 Å². The van der Waals surface area contributed by atoms with Crippen LogP contribution in [0.4, 0.5) is 19.4 Å². The van der Waals surface area contributed by atoms with Crippen LogP contribution in [0.25, 0.3) is 0 Å². The highest BCUT2D eigenvalue weighted by Crippen LogP contribution is 2.28. The Labute approximate surface area is 129 Å². The van der Waals surface area contributed by atoms with Gasteiger partial charge in [-0.15, -0.1) is 0 Å². The molecule has 0 bridgehead atoms. The highest BCUT2D eigenvalue weighted by molar-refractivity contribution is 6.30. The summed E-state index contributed by atoms with van der Waals surface area (Å²) in [4.78, 5) is 18.5. The second-order valence-corrected chi connectivity index (χ2v) is 4.77. The summed E-state index contributed by atoms with van der Waals surface area (Å²) < 4.78 is 26.8. The molecule has 1 aromatic heterocycles. The van der Waals surface area contributed by atoms with E-state index in [1.807, 2.05) is 0 Å². The number of nitrogen functional groups attached to an aromatic ring is 1. The Kier molecular flexibility index (Phi) is 4.71. The number of nitrogens with zero attached hydrogens (tertiary/aromatic N) is 2. The summed E-state index contributed by atoms with van der Waals surface area (Å²) in [5.74, 6) is -2.34. The van der Waals surface area contributed by atoms with Gasteiger partial charge in [0.05, 0.1) is 11.9 Å². The Morgan fingerprint density at radius 1 is 1.36 bits per heavy atom. The molecule has 4 N–H and O–H groups in total. The molecule has 1 atom stereocenters. The molecule has 22 heavy (non-hydrogen) atoms. The molecule has 0 saturated carbocycles. The molecule has 9 heteroatoms. The molecule has 2 rings (SSSR count). The van der Waals surface area contributed by atoms with Crippen molar-refractivity contribution in [3.05, 3.63) is 52.4 Å². The lowest BCUT2D eigenvalue weighted by Crippen LogP contribution is -2.28. The summed E-state index contributed by atoms with van der Waals surface area (Å²) >= 11 is 5.95. The standard InChI is InChI=1S/C13H11ClF2N4O2/c14-12-11(18-5-10(17)20-12)9(4-19-13(21)22)6-1-7(15)3-8(16)2-6/h1-3,5,9,19H,4H2,(H2,17,20)(H,21,22). The maximum absolute atomic E-state index is 13.4. The number of benzene rings is 1. The number of hydrogen-bond donors (Lipinski definition) is 3. The van der Waals surface area contributed by atoms with Gasteiger partial charge >= 0.3 is 6.09 Å². The van der Waals surface area contributed by atoms with E-state index in [0.717, 1.165) is 12.1 Å². The van der Waals surface area contributed by atoms with Crippen molar-refractivity contribution < 1.29 is 18.7 Å². The first-order chi connectivity index (χ1) is 10.4. The van der Waals surface area contributed by atoms with Crippen LogP contribution in [-0.4, -0.2) is 27.7 Å². The van der Waals surface area contributed by atoms with Gasteiger partial charge in [0.15, 0.2) is 5.15 Å². The van der Waals surface area contributed by atoms with E-state index in [2.05, 4.69) is 15.3 Å². The molecule has 1 heterocycles. The molecule has 0 spiro atoms. The second-order valence-electron chi connectivity index (χ2n) is 4.41. The number of carbonyl (C=O) groups is 1. The van der Waals surface area contributed by atoms with Crippen molar-refractivity contribution in [2.45, 2.75) is 5.92 Å². The molecule has 1 aromatic carbocycles. The van der Waals surface area contributed by atoms with Crippen LogP contribution in [0.1, 0.15) is 17.2 Å². The molecule has 1 amide bonds. The number of amides is 1. The molecular formula is C13H11ClF2N4O2. The van der Waals surface area contributed by atoms with Gasteiger partial charge in [0.2, 0.25) is 0 Å². The first-order valence-corrected chi connectivity index (χ1v) is 6.45. The molecule has 0 saturated heterocycles. The van der Waals surface area contributed by atoms with Crippen molar-refractivity contribution in [3.63, 3.8) is 0 Å². The van der Waals surface area contributed by atoms with Crippen molar-refractivity contribution >= 4 is 23.5 Å². The highest BCUT2D eigenvalue weighted by Gasteiger charge is 2.22. The minimum Gasteiger partial charge on any atom is -0.465 e. The van der Waals surface area contributed by atoms with Gasteiger partial charge in [-0.3, -0.25) is 4.98 Å². The SMILES string of the molecule is Nc1cnc(C(CNC(=O)O)c2cc(F)cc(F)c2)c(Cl)n1. The smallest absolute Gasteiger partial charge is 0.404 e. The number of aromatic nitrogens is 2. The van der Waals surface area contributed by atoms with Crippen LogP contribution < -0.4 is 11.1 Å². The van der Waals surface area contributed by atoms with Crippen molar-refractivity contribution in [1.29, 1.82) is 0 Å². The van der Waals surface area contributed by atoms with E-state index in [4.69, 9.17) is 22.4 Å². The summed E-state index contributed by atoms with van der Waals surface area (Å²) in [5, 5.41) is 10.8. The van der Waals surface area contributed by atoms with E-state index in [1.165, 1.54) is 6.20 Å². The third-order valence-corrected chi connectivity index (χ3v) is 3.13. The number of hydrogen-bond acceptors (Lipinski definition) is 4. The van der Waals surface area contributed by atoms with Gasteiger partial charge in [-0.2, -0.15) is 0 Å². The molecule has 0 aliphatic carbocycles. The molecule has 2 aromatic rings. The lowest BCUT2D eigenvalue weighted by atomic mass is 9.95. The minimum atomic E-state index is -1.29. The predicted molar refractivity (Wildman–Crippen MR) is 75.7 cm³/mol. The Morgan fingerprint density at radius 3 is 2.55 bits per heavy atom. The van der Waals surface area contributed by atoms with E-state index in [0.29, 0.717) is 6.07 Å². The summed E-state index contributed by atoms with van der Waals surface area (Å²) in [5.41, 5.74) is 5.78. The van der Waals surface area contributed by atoms with Crippen LogP contribution in [0, 0.1) is 11.6 Å². The topological polar surface area (TPSA) is 101 Å². The fourth-order valence-corrected chi connectivity index (χ4v) is 2.24. The van der Waals surface area contributed by atoms with Gasteiger partial charge < -0.3 is 16.2 Å². The van der Waals surface area contributed by atoms with Gasteiger partial charge in [-0.25, -0.2) is 18.6 Å². The molecular weight excluding hydrogens is 318 g/mol. The van der Waals surface area contributed by atoms with E-state index >= 15 is 0 Å². The average molecular weight is 329 g/mol. The molecule has 116 valence electrons.